The van der Waals surface area contributed by atoms with Crippen LogP contribution in [0.25, 0.3) is 0 Å². The van der Waals surface area contributed by atoms with Crippen molar-refractivity contribution >= 4 is 29.1 Å². The molecule has 2 saturated heterocycles. The summed E-state index contributed by atoms with van der Waals surface area (Å²) in [5, 5.41) is 3.50. The molecule has 2 amide bonds. The minimum atomic E-state index is -0.143. The van der Waals surface area contributed by atoms with Crippen LogP contribution in [0, 0.1) is 11.8 Å². The molecule has 3 aliphatic heterocycles. The Morgan fingerprint density at radius 3 is 2.58 bits per heavy atom. The maximum Gasteiger partial charge on any atom is 0.255 e. The number of rotatable bonds is 7. The van der Waals surface area contributed by atoms with Crippen molar-refractivity contribution in [3.8, 4) is 5.75 Å². The van der Waals surface area contributed by atoms with Crippen LogP contribution < -0.4 is 15.8 Å². The molecule has 4 rings (SSSR count). The van der Waals surface area contributed by atoms with Gasteiger partial charge >= 0.3 is 0 Å². The zero-order valence-electron chi connectivity index (χ0n) is 19.3. The zero-order valence-corrected chi connectivity index (χ0v) is 20.0. The SMILES string of the molecule is C=CCC(=O)N1CCC(CN2CCC(CNC(=O)c3cc(Cl)c(N)c4c3OCC4)CC2)CC1. The number of nitrogen functional groups attached to an aromatic ring is 1. The van der Waals surface area contributed by atoms with E-state index in [1.54, 1.807) is 12.1 Å². The van der Waals surface area contributed by atoms with Gasteiger partial charge in [-0.05, 0) is 56.7 Å². The summed E-state index contributed by atoms with van der Waals surface area (Å²) in [7, 11) is 0. The molecule has 0 radical (unpaired) electrons. The lowest BCUT2D eigenvalue weighted by molar-refractivity contribution is -0.131. The number of carbonyl (C=O) groups excluding carboxylic acids is 2. The molecular weight excluding hydrogens is 440 g/mol. The zero-order chi connectivity index (χ0) is 23.4. The Balaban J connectivity index is 1.19. The maximum atomic E-state index is 12.8. The number of ether oxygens (including phenoxy) is 1. The highest BCUT2D eigenvalue weighted by Crippen LogP contribution is 2.38. The van der Waals surface area contributed by atoms with Crippen molar-refractivity contribution in [1.82, 2.24) is 15.1 Å². The van der Waals surface area contributed by atoms with Crippen LogP contribution in [0.3, 0.4) is 0 Å². The van der Waals surface area contributed by atoms with Crippen molar-refractivity contribution in [3.63, 3.8) is 0 Å². The van der Waals surface area contributed by atoms with Gasteiger partial charge in [0.15, 0.2) is 0 Å². The Morgan fingerprint density at radius 2 is 1.88 bits per heavy atom. The summed E-state index contributed by atoms with van der Waals surface area (Å²) in [5.41, 5.74) is 7.88. The first-order valence-corrected chi connectivity index (χ1v) is 12.5. The fourth-order valence-corrected chi connectivity index (χ4v) is 5.45. The number of fused-ring (bicyclic) bond motifs is 1. The quantitative estimate of drug-likeness (QED) is 0.468. The second-order valence-corrected chi connectivity index (χ2v) is 9.90. The second-order valence-electron chi connectivity index (χ2n) is 9.50. The van der Waals surface area contributed by atoms with E-state index in [0.29, 0.717) is 59.9 Å². The van der Waals surface area contributed by atoms with Crippen LogP contribution in [0.5, 0.6) is 5.75 Å². The highest BCUT2D eigenvalue weighted by molar-refractivity contribution is 6.33. The number of amides is 2. The molecule has 8 heteroatoms. The summed E-state index contributed by atoms with van der Waals surface area (Å²) in [4.78, 5) is 29.4. The van der Waals surface area contributed by atoms with Crippen molar-refractivity contribution < 1.29 is 14.3 Å². The number of hydrogen-bond donors (Lipinski definition) is 2. The average Bonchev–Trinajstić information content (AvgIpc) is 3.32. The van der Waals surface area contributed by atoms with Gasteiger partial charge in [-0.2, -0.15) is 0 Å². The van der Waals surface area contributed by atoms with E-state index in [1.807, 2.05) is 4.90 Å². The number of anilines is 1. The van der Waals surface area contributed by atoms with Crippen LogP contribution in [0.4, 0.5) is 5.69 Å². The van der Waals surface area contributed by atoms with Gasteiger partial charge in [-0.1, -0.05) is 17.7 Å². The summed E-state index contributed by atoms with van der Waals surface area (Å²) in [5.74, 6) is 1.77. The van der Waals surface area contributed by atoms with Crippen LogP contribution in [0.15, 0.2) is 18.7 Å². The monoisotopic (exact) mass is 474 g/mol. The molecular formula is C25H35ClN4O3. The summed E-state index contributed by atoms with van der Waals surface area (Å²) >= 11 is 6.23. The molecule has 33 heavy (non-hydrogen) atoms. The number of nitrogens with two attached hydrogens (primary N) is 1. The third kappa shape index (κ3) is 5.64. The Labute approximate surface area is 201 Å². The van der Waals surface area contributed by atoms with Gasteiger partial charge in [0.05, 0.1) is 22.9 Å². The first-order valence-electron chi connectivity index (χ1n) is 12.1. The van der Waals surface area contributed by atoms with Gasteiger partial charge in [-0.3, -0.25) is 9.59 Å². The molecule has 0 unspecified atom stereocenters. The molecule has 0 bridgehead atoms. The largest absolute Gasteiger partial charge is 0.492 e. The molecule has 0 atom stereocenters. The molecule has 7 nitrogen and oxygen atoms in total. The van der Waals surface area contributed by atoms with Crippen LogP contribution in [0.2, 0.25) is 5.02 Å². The number of nitrogens with zero attached hydrogens (tertiary/aromatic N) is 2. The molecule has 3 heterocycles. The fourth-order valence-electron chi connectivity index (χ4n) is 5.22. The molecule has 0 saturated carbocycles. The fraction of sp³-hybridized carbons (Fsp3) is 0.600. The third-order valence-corrected chi connectivity index (χ3v) is 7.59. The van der Waals surface area contributed by atoms with Crippen LogP contribution in [-0.4, -0.2) is 67.5 Å². The first kappa shape index (κ1) is 23.9. The molecule has 1 aromatic rings. The Hall–Kier alpha value is -2.25. The van der Waals surface area contributed by atoms with E-state index in [0.717, 1.165) is 64.0 Å². The molecule has 0 aliphatic carbocycles. The van der Waals surface area contributed by atoms with Crippen LogP contribution in [-0.2, 0) is 11.2 Å². The highest BCUT2D eigenvalue weighted by atomic mass is 35.5. The molecule has 0 aromatic heterocycles. The normalized spacial score (nSPS) is 19.7. The van der Waals surface area contributed by atoms with E-state index in [1.165, 1.54) is 0 Å². The molecule has 3 aliphatic rings. The first-order chi connectivity index (χ1) is 16.0. The van der Waals surface area contributed by atoms with E-state index in [2.05, 4.69) is 16.8 Å². The summed E-state index contributed by atoms with van der Waals surface area (Å²) in [6.45, 7) is 9.80. The molecule has 180 valence electrons. The lowest BCUT2D eigenvalue weighted by Crippen LogP contribution is -2.44. The number of likely N-dealkylation sites (tertiary alicyclic amines) is 2. The summed E-state index contributed by atoms with van der Waals surface area (Å²) in [6.07, 6.45) is 7.12. The predicted molar refractivity (Wildman–Crippen MR) is 131 cm³/mol. The molecule has 0 spiro atoms. The Kier molecular flexibility index (Phi) is 7.81. The molecule has 2 fully saturated rings. The minimum Gasteiger partial charge on any atom is -0.492 e. The highest BCUT2D eigenvalue weighted by Gasteiger charge is 2.28. The van der Waals surface area contributed by atoms with E-state index >= 15 is 0 Å². The van der Waals surface area contributed by atoms with Crippen LogP contribution in [0.1, 0.15) is 48.0 Å². The number of carbonyl (C=O) groups is 2. The maximum absolute atomic E-state index is 12.8. The number of piperidine rings is 2. The van der Waals surface area contributed by atoms with Gasteiger partial charge < -0.3 is 25.6 Å². The van der Waals surface area contributed by atoms with Gasteiger partial charge in [-0.15, -0.1) is 6.58 Å². The number of nitrogens with one attached hydrogen (secondary N) is 1. The molecule has 1 aromatic carbocycles. The average molecular weight is 475 g/mol. The Morgan fingerprint density at radius 1 is 1.18 bits per heavy atom. The third-order valence-electron chi connectivity index (χ3n) is 7.28. The van der Waals surface area contributed by atoms with Gasteiger partial charge in [0.2, 0.25) is 5.91 Å². The number of benzene rings is 1. The summed E-state index contributed by atoms with van der Waals surface area (Å²) < 4.78 is 5.66. The minimum absolute atomic E-state index is 0.143. The van der Waals surface area contributed by atoms with Crippen molar-refractivity contribution in [2.45, 2.75) is 38.5 Å². The van der Waals surface area contributed by atoms with E-state index < -0.39 is 0 Å². The summed E-state index contributed by atoms with van der Waals surface area (Å²) in [6, 6.07) is 1.62. The van der Waals surface area contributed by atoms with E-state index in [9.17, 15) is 9.59 Å². The van der Waals surface area contributed by atoms with Gasteiger partial charge in [0, 0.05) is 44.6 Å². The van der Waals surface area contributed by atoms with E-state index in [-0.39, 0.29) is 11.8 Å². The van der Waals surface area contributed by atoms with Gasteiger partial charge in [0.25, 0.3) is 5.91 Å². The van der Waals surface area contributed by atoms with Crippen molar-refractivity contribution in [2.24, 2.45) is 11.8 Å². The predicted octanol–water partition coefficient (Wildman–Crippen LogP) is 3.11. The smallest absolute Gasteiger partial charge is 0.255 e. The van der Waals surface area contributed by atoms with Crippen molar-refractivity contribution in [2.75, 3.05) is 51.6 Å². The van der Waals surface area contributed by atoms with Crippen molar-refractivity contribution in [1.29, 1.82) is 0 Å². The standard InChI is InChI=1S/C25H35ClN4O3/c1-2-3-22(31)30-11-6-18(7-12-30)16-29-9-4-17(5-10-29)15-28-25(32)20-14-21(26)23(27)19-8-13-33-24(19)20/h2,14,17-18H,1,3-13,15-16,27H2,(H,28,32). The van der Waals surface area contributed by atoms with Gasteiger partial charge in [0.1, 0.15) is 5.75 Å². The van der Waals surface area contributed by atoms with Gasteiger partial charge in [-0.25, -0.2) is 0 Å². The Bertz CT molecular complexity index is 890. The van der Waals surface area contributed by atoms with E-state index in [4.69, 9.17) is 22.1 Å². The van der Waals surface area contributed by atoms with Crippen molar-refractivity contribution in [3.05, 3.63) is 34.9 Å². The lowest BCUT2D eigenvalue weighted by atomic mass is 9.92. The lowest BCUT2D eigenvalue weighted by Gasteiger charge is -2.37. The van der Waals surface area contributed by atoms with Crippen LogP contribution >= 0.6 is 11.6 Å². The second kappa shape index (κ2) is 10.8. The molecule has 3 N–H and O–H groups in total. The number of hydrogen-bond acceptors (Lipinski definition) is 5. The topological polar surface area (TPSA) is 87.9 Å². The number of halogens is 1.